The van der Waals surface area contributed by atoms with Gasteiger partial charge < -0.3 is 10.1 Å². The Morgan fingerprint density at radius 2 is 1.88 bits per heavy atom. The number of nitrogens with one attached hydrogen (secondary N) is 1. The lowest BCUT2D eigenvalue weighted by Crippen LogP contribution is -2.46. The summed E-state index contributed by atoms with van der Waals surface area (Å²) in [5.41, 5.74) is 0. The van der Waals surface area contributed by atoms with Gasteiger partial charge in [0.2, 0.25) is 0 Å². The molecule has 1 aliphatic heterocycles. The van der Waals surface area contributed by atoms with Crippen LogP contribution in [0.3, 0.4) is 0 Å². The SMILES string of the molecule is CC[C@@H]1COCC[C@H]1NC1CC2CCC[C@@H]2C1. The summed E-state index contributed by atoms with van der Waals surface area (Å²) in [6.45, 7) is 4.25. The zero-order valence-electron chi connectivity index (χ0n) is 11.2. The van der Waals surface area contributed by atoms with Crippen LogP contribution in [0.5, 0.6) is 0 Å². The lowest BCUT2D eigenvalue weighted by atomic mass is 9.92. The van der Waals surface area contributed by atoms with Crippen molar-refractivity contribution in [1.82, 2.24) is 5.32 Å². The molecule has 0 amide bonds. The van der Waals surface area contributed by atoms with E-state index in [9.17, 15) is 0 Å². The Morgan fingerprint density at radius 3 is 2.59 bits per heavy atom. The number of ether oxygens (including phenoxy) is 1. The minimum absolute atomic E-state index is 0.734. The quantitative estimate of drug-likeness (QED) is 0.815. The van der Waals surface area contributed by atoms with Crippen LogP contribution in [0.2, 0.25) is 0 Å². The summed E-state index contributed by atoms with van der Waals surface area (Å²) >= 11 is 0. The molecular weight excluding hydrogens is 210 g/mol. The van der Waals surface area contributed by atoms with Gasteiger partial charge in [-0.3, -0.25) is 0 Å². The van der Waals surface area contributed by atoms with Crippen molar-refractivity contribution in [2.75, 3.05) is 13.2 Å². The Hall–Kier alpha value is -0.0800. The van der Waals surface area contributed by atoms with Crippen molar-refractivity contribution in [3.63, 3.8) is 0 Å². The number of hydrogen-bond acceptors (Lipinski definition) is 2. The van der Waals surface area contributed by atoms with E-state index in [1.807, 2.05) is 0 Å². The molecule has 2 heteroatoms. The predicted octanol–water partition coefficient (Wildman–Crippen LogP) is 2.97. The van der Waals surface area contributed by atoms with E-state index in [-0.39, 0.29) is 0 Å². The molecule has 3 rings (SSSR count). The second-order valence-corrected chi connectivity index (χ2v) is 6.42. The average molecular weight is 237 g/mol. The lowest BCUT2D eigenvalue weighted by molar-refractivity contribution is 0.0272. The van der Waals surface area contributed by atoms with Crippen LogP contribution in [0, 0.1) is 17.8 Å². The van der Waals surface area contributed by atoms with Gasteiger partial charge in [-0.1, -0.05) is 26.2 Å². The zero-order valence-corrected chi connectivity index (χ0v) is 11.2. The van der Waals surface area contributed by atoms with Gasteiger partial charge in [0.15, 0.2) is 0 Å². The third-order valence-corrected chi connectivity index (χ3v) is 5.44. The van der Waals surface area contributed by atoms with Crippen LogP contribution in [-0.2, 0) is 4.74 Å². The summed E-state index contributed by atoms with van der Waals surface area (Å²) in [5, 5.41) is 3.97. The molecule has 2 unspecified atom stereocenters. The molecule has 0 spiro atoms. The Balaban J connectivity index is 1.52. The number of hydrogen-bond donors (Lipinski definition) is 1. The van der Waals surface area contributed by atoms with Crippen LogP contribution in [0.1, 0.15) is 51.9 Å². The van der Waals surface area contributed by atoms with E-state index in [1.165, 1.54) is 44.9 Å². The molecule has 2 aliphatic carbocycles. The second kappa shape index (κ2) is 5.27. The molecule has 0 aromatic carbocycles. The maximum absolute atomic E-state index is 5.60. The molecule has 3 fully saturated rings. The molecule has 2 saturated carbocycles. The first-order valence-corrected chi connectivity index (χ1v) is 7.70. The van der Waals surface area contributed by atoms with E-state index in [0.29, 0.717) is 0 Å². The van der Waals surface area contributed by atoms with Crippen LogP contribution in [0.15, 0.2) is 0 Å². The highest BCUT2D eigenvalue weighted by Gasteiger charge is 2.38. The summed E-state index contributed by atoms with van der Waals surface area (Å²) in [7, 11) is 0. The highest BCUT2D eigenvalue weighted by molar-refractivity contribution is 4.93. The van der Waals surface area contributed by atoms with E-state index in [4.69, 9.17) is 4.74 Å². The molecular formula is C15H27NO. The van der Waals surface area contributed by atoms with Crippen molar-refractivity contribution in [1.29, 1.82) is 0 Å². The highest BCUT2D eigenvalue weighted by Crippen LogP contribution is 2.44. The fourth-order valence-corrected chi connectivity index (χ4v) is 4.42. The lowest BCUT2D eigenvalue weighted by Gasteiger charge is -2.34. The van der Waals surface area contributed by atoms with Gasteiger partial charge in [0, 0.05) is 18.7 Å². The van der Waals surface area contributed by atoms with Crippen molar-refractivity contribution in [2.45, 2.75) is 64.0 Å². The summed E-state index contributed by atoms with van der Waals surface area (Å²) in [5.74, 6) is 2.88. The van der Waals surface area contributed by atoms with E-state index < -0.39 is 0 Å². The van der Waals surface area contributed by atoms with Crippen LogP contribution in [0.25, 0.3) is 0 Å². The maximum atomic E-state index is 5.60. The number of fused-ring (bicyclic) bond motifs is 1. The van der Waals surface area contributed by atoms with Gasteiger partial charge in [0.1, 0.15) is 0 Å². The van der Waals surface area contributed by atoms with Crippen molar-refractivity contribution >= 4 is 0 Å². The van der Waals surface area contributed by atoms with Crippen molar-refractivity contribution in [3.8, 4) is 0 Å². The number of rotatable bonds is 3. The van der Waals surface area contributed by atoms with Crippen LogP contribution < -0.4 is 5.32 Å². The standard InChI is InChI=1S/C15H27NO/c1-2-11-10-17-7-6-15(11)16-14-8-12-4-3-5-13(12)9-14/h11-16H,2-10H2,1H3/t11-,12-,13?,14?,15-/m1/s1. The summed E-state index contributed by atoms with van der Waals surface area (Å²) in [6.07, 6.45) is 9.91. The third-order valence-electron chi connectivity index (χ3n) is 5.44. The molecule has 1 heterocycles. The Labute approximate surface area is 105 Å². The normalized spacial score (nSPS) is 46.1. The van der Waals surface area contributed by atoms with Gasteiger partial charge >= 0.3 is 0 Å². The van der Waals surface area contributed by atoms with E-state index in [2.05, 4.69) is 12.2 Å². The van der Waals surface area contributed by atoms with Crippen LogP contribution in [-0.4, -0.2) is 25.3 Å². The third kappa shape index (κ3) is 2.53. The summed E-state index contributed by atoms with van der Waals surface area (Å²) in [6, 6.07) is 1.56. The molecule has 3 aliphatic rings. The Bertz CT molecular complexity index is 243. The summed E-state index contributed by atoms with van der Waals surface area (Å²) in [4.78, 5) is 0. The zero-order chi connectivity index (χ0) is 11.7. The van der Waals surface area contributed by atoms with Crippen molar-refractivity contribution in [2.24, 2.45) is 17.8 Å². The molecule has 98 valence electrons. The monoisotopic (exact) mass is 237 g/mol. The smallest absolute Gasteiger partial charge is 0.0509 e. The second-order valence-electron chi connectivity index (χ2n) is 6.42. The van der Waals surface area contributed by atoms with Gasteiger partial charge in [-0.2, -0.15) is 0 Å². The van der Waals surface area contributed by atoms with Crippen LogP contribution in [0.4, 0.5) is 0 Å². The maximum Gasteiger partial charge on any atom is 0.0509 e. The average Bonchev–Trinajstić information content (AvgIpc) is 2.90. The largest absolute Gasteiger partial charge is 0.381 e. The first-order chi connectivity index (χ1) is 8.36. The minimum atomic E-state index is 0.734. The molecule has 0 radical (unpaired) electrons. The molecule has 0 aromatic heterocycles. The molecule has 17 heavy (non-hydrogen) atoms. The van der Waals surface area contributed by atoms with Gasteiger partial charge in [0.05, 0.1) is 6.61 Å². The van der Waals surface area contributed by atoms with Gasteiger partial charge in [-0.15, -0.1) is 0 Å². The minimum Gasteiger partial charge on any atom is -0.381 e. The highest BCUT2D eigenvalue weighted by atomic mass is 16.5. The van der Waals surface area contributed by atoms with Gasteiger partial charge in [0.25, 0.3) is 0 Å². The van der Waals surface area contributed by atoms with Crippen molar-refractivity contribution in [3.05, 3.63) is 0 Å². The molecule has 5 atom stereocenters. The van der Waals surface area contributed by atoms with Crippen LogP contribution >= 0.6 is 0 Å². The van der Waals surface area contributed by atoms with E-state index in [1.54, 1.807) is 0 Å². The molecule has 1 saturated heterocycles. The van der Waals surface area contributed by atoms with Gasteiger partial charge in [-0.25, -0.2) is 0 Å². The predicted molar refractivity (Wildman–Crippen MR) is 70.0 cm³/mol. The van der Waals surface area contributed by atoms with Crippen molar-refractivity contribution < 1.29 is 4.74 Å². The first-order valence-electron chi connectivity index (χ1n) is 7.70. The Morgan fingerprint density at radius 1 is 1.12 bits per heavy atom. The topological polar surface area (TPSA) is 21.3 Å². The summed E-state index contributed by atoms with van der Waals surface area (Å²) < 4.78 is 5.60. The van der Waals surface area contributed by atoms with E-state index in [0.717, 1.165) is 43.1 Å². The fourth-order valence-electron chi connectivity index (χ4n) is 4.42. The molecule has 1 N–H and O–H groups in total. The molecule has 0 bridgehead atoms. The Kier molecular flexibility index (Phi) is 3.72. The van der Waals surface area contributed by atoms with Gasteiger partial charge in [-0.05, 0) is 43.4 Å². The fraction of sp³-hybridized carbons (Fsp3) is 1.00. The first kappa shape index (κ1) is 12.0. The van der Waals surface area contributed by atoms with E-state index >= 15 is 0 Å². The molecule has 2 nitrogen and oxygen atoms in total. The molecule has 0 aromatic rings.